The standard InChI is InChI=1S/C30H42N8O10/c31-20(2-1-11-34-30(32)33)25(43)37-23(14-39)28(46)38-24(15-40)27(45)35-21(12-16-3-7-18(41)8-4-16)26(44)36-22(29(47)48)13-17-5-9-19(42)10-6-17/h3-10,20-24,39-42H,1-2,11-15,31H2,(H,35,45)(H,36,44)(H,37,43)(H,38,46)(H,47,48)(H4,32,33,34)/t20-,21-,22-,23-,24-/m1/s1. The van der Waals surface area contributed by atoms with Gasteiger partial charge in [0.2, 0.25) is 23.6 Å². The van der Waals surface area contributed by atoms with Crippen LogP contribution in [0.2, 0.25) is 0 Å². The van der Waals surface area contributed by atoms with Crippen LogP contribution < -0.4 is 38.1 Å². The number of nitrogens with one attached hydrogen (secondary N) is 6. The number of rotatable bonds is 19. The van der Waals surface area contributed by atoms with Crippen LogP contribution in [0.15, 0.2) is 48.5 Å². The Labute approximate surface area is 275 Å². The number of carbonyl (C=O) groups excluding carboxylic acids is 4. The fraction of sp³-hybridized carbons (Fsp3) is 0.400. The zero-order valence-corrected chi connectivity index (χ0v) is 25.9. The summed E-state index contributed by atoms with van der Waals surface area (Å²) in [5.41, 5.74) is 12.0. The number of aliphatic hydroxyl groups excluding tert-OH is 2. The molecule has 2 aromatic rings. The van der Waals surface area contributed by atoms with Crippen molar-refractivity contribution in [3.8, 4) is 11.5 Å². The lowest BCUT2D eigenvalue weighted by Crippen LogP contribution is -2.60. The first-order valence-corrected chi connectivity index (χ1v) is 14.8. The minimum absolute atomic E-state index is 0.0386. The number of phenolic OH excluding ortho intramolecular Hbond substituents is 2. The highest BCUT2D eigenvalue weighted by atomic mass is 16.4. The second kappa shape index (κ2) is 19.3. The lowest BCUT2D eigenvalue weighted by Gasteiger charge is -2.25. The predicted octanol–water partition coefficient (Wildman–Crippen LogP) is -3.52. The number of carboxylic acid groups (broad SMARTS) is 1. The molecule has 0 radical (unpaired) electrons. The molecule has 0 aliphatic carbocycles. The van der Waals surface area contributed by atoms with Crippen molar-refractivity contribution in [3.63, 3.8) is 0 Å². The van der Waals surface area contributed by atoms with Gasteiger partial charge in [-0.3, -0.25) is 24.6 Å². The summed E-state index contributed by atoms with van der Waals surface area (Å²) >= 11 is 0. The Hall–Kier alpha value is -5.46. The number of phenols is 2. The molecule has 18 nitrogen and oxygen atoms in total. The number of carboxylic acids is 1. The highest BCUT2D eigenvalue weighted by molar-refractivity contribution is 5.95. The summed E-state index contributed by atoms with van der Waals surface area (Å²) < 4.78 is 0. The quantitative estimate of drug-likeness (QED) is 0.0391. The molecule has 0 heterocycles. The summed E-state index contributed by atoms with van der Waals surface area (Å²) in [5.74, 6) is -5.54. The van der Waals surface area contributed by atoms with E-state index in [-0.39, 0.29) is 43.3 Å². The maximum atomic E-state index is 13.4. The summed E-state index contributed by atoms with van der Waals surface area (Å²) in [6.45, 7) is -1.58. The van der Waals surface area contributed by atoms with Crippen LogP contribution in [0.3, 0.4) is 0 Å². The number of aliphatic hydroxyl groups is 2. The van der Waals surface area contributed by atoms with E-state index in [1.165, 1.54) is 48.5 Å². The molecule has 5 atom stereocenters. The molecule has 4 amide bonds. The van der Waals surface area contributed by atoms with Crippen molar-refractivity contribution in [1.29, 1.82) is 5.41 Å². The number of aromatic hydroxyl groups is 2. The molecular weight excluding hydrogens is 632 g/mol. The van der Waals surface area contributed by atoms with Crippen LogP contribution in [0.25, 0.3) is 0 Å². The molecule has 0 aromatic heterocycles. The number of carbonyl (C=O) groups is 5. The van der Waals surface area contributed by atoms with Crippen molar-refractivity contribution < 1.29 is 49.5 Å². The van der Waals surface area contributed by atoms with E-state index in [0.717, 1.165) is 0 Å². The topological polar surface area (TPSA) is 323 Å². The summed E-state index contributed by atoms with van der Waals surface area (Å²) in [5, 5.41) is 67.4. The van der Waals surface area contributed by atoms with Gasteiger partial charge in [-0.25, -0.2) is 4.79 Å². The van der Waals surface area contributed by atoms with Gasteiger partial charge in [0.15, 0.2) is 5.96 Å². The second-order valence-electron chi connectivity index (χ2n) is 10.8. The van der Waals surface area contributed by atoms with E-state index in [9.17, 15) is 49.5 Å². The number of hydrogen-bond donors (Lipinski definition) is 13. The summed E-state index contributed by atoms with van der Waals surface area (Å²) in [6, 6.07) is 4.09. The highest BCUT2D eigenvalue weighted by Crippen LogP contribution is 2.14. The number of benzene rings is 2. The molecule has 2 aromatic carbocycles. The highest BCUT2D eigenvalue weighted by Gasteiger charge is 2.31. The van der Waals surface area contributed by atoms with Gasteiger partial charge in [-0.15, -0.1) is 0 Å². The minimum Gasteiger partial charge on any atom is -0.508 e. The molecular formula is C30H42N8O10. The Morgan fingerprint density at radius 2 is 1.06 bits per heavy atom. The molecule has 0 spiro atoms. The van der Waals surface area contributed by atoms with Gasteiger partial charge in [0.25, 0.3) is 0 Å². The van der Waals surface area contributed by atoms with Gasteiger partial charge in [0.05, 0.1) is 19.3 Å². The summed E-state index contributed by atoms with van der Waals surface area (Å²) in [7, 11) is 0. The van der Waals surface area contributed by atoms with Crippen molar-refractivity contribution in [2.75, 3.05) is 19.8 Å². The third-order valence-corrected chi connectivity index (χ3v) is 6.98. The number of hydrogen-bond acceptors (Lipinski definition) is 11. The van der Waals surface area contributed by atoms with Crippen molar-refractivity contribution in [2.45, 2.75) is 55.9 Å². The lowest BCUT2D eigenvalue weighted by atomic mass is 10.0. The zero-order valence-electron chi connectivity index (χ0n) is 25.9. The van der Waals surface area contributed by atoms with Crippen LogP contribution >= 0.6 is 0 Å². The van der Waals surface area contributed by atoms with E-state index in [1.54, 1.807) is 0 Å². The van der Waals surface area contributed by atoms with Gasteiger partial charge in [-0.1, -0.05) is 24.3 Å². The van der Waals surface area contributed by atoms with Crippen LogP contribution in [-0.2, 0) is 36.8 Å². The lowest BCUT2D eigenvalue weighted by molar-refractivity contribution is -0.142. The fourth-order valence-corrected chi connectivity index (χ4v) is 4.30. The van der Waals surface area contributed by atoms with Crippen LogP contribution in [0.1, 0.15) is 24.0 Å². The van der Waals surface area contributed by atoms with E-state index in [4.69, 9.17) is 16.9 Å². The first-order valence-electron chi connectivity index (χ1n) is 14.8. The van der Waals surface area contributed by atoms with Gasteiger partial charge in [0, 0.05) is 19.4 Å². The van der Waals surface area contributed by atoms with E-state index < -0.39 is 73.0 Å². The van der Waals surface area contributed by atoms with Gasteiger partial charge < -0.3 is 63.6 Å². The molecule has 0 fully saturated rings. The predicted molar refractivity (Wildman–Crippen MR) is 170 cm³/mol. The number of aliphatic carboxylic acids is 1. The van der Waals surface area contributed by atoms with Crippen LogP contribution in [-0.4, -0.2) is 111 Å². The SMILES string of the molecule is N=C(N)NCCC[C@@H](N)C(=O)N[C@H](CO)C(=O)N[C@H](CO)C(=O)N[C@H](Cc1ccc(O)cc1)C(=O)N[C@H](Cc1ccc(O)cc1)C(=O)O. The maximum absolute atomic E-state index is 13.4. The zero-order chi connectivity index (χ0) is 35.8. The Balaban J connectivity index is 2.14. The van der Waals surface area contributed by atoms with E-state index >= 15 is 0 Å². The van der Waals surface area contributed by atoms with Gasteiger partial charge in [-0.05, 0) is 48.2 Å². The molecule has 0 aliphatic heterocycles. The Morgan fingerprint density at radius 3 is 1.50 bits per heavy atom. The van der Waals surface area contributed by atoms with E-state index in [0.29, 0.717) is 17.5 Å². The summed E-state index contributed by atoms with van der Waals surface area (Å²) in [4.78, 5) is 63.9. The molecule has 2 rings (SSSR count). The normalized spacial score (nSPS) is 13.9. The average Bonchev–Trinajstić information content (AvgIpc) is 3.05. The monoisotopic (exact) mass is 674 g/mol. The molecule has 18 heteroatoms. The Morgan fingerprint density at radius 1 is 0.667 bits per heavy atom. The molecule has 0 unspecified atom stereocenters. The number of guanidine groups is 1. The largest absolute Gasteiger partial charge is 0.508 e. The summed E-state index contributed by atoms with van der Waals surface area (Å²) in [6.07, 6.45) is 0.157. The molecule has 15 N–H and O–H groups in total. The van der Waals surface area contributed by atoms with Crippen LogP contribution in [0, 0.1) is 5.41 Å². The average molecular weight is 675 g/mol. The Bertz CT molecular complexity index is 1410. The first-order chi connectivity index (χ1) is 22.7. The third-order valence-electron chi connectivity index (χ3n) is 6.98. The van der Waals surface area contributed by atoms with Gasteiger partial charge in [-0.2, -0.15) is 0 Å². The van der Waals surface area contributed by atoms with Crippen molar-refractivity contribution >= 4 is 35.6 Å². The molecule has 48 heavy (non-hydrogen) atoms. The van der Waals surface area contributed by atoms with Gasteiger partial charge >= 0.3 is 5.97 Å². The van der Waals surface area contributed by atoms with Crippen molar-refractivity contribution in [2.24, 2.45) is 11.5 Å². The fourth-order valence-electron chi connectivity index (χ4n) is 4.30. The van der Waals surface area contributed by atoms with Crippen LogP contribution in [0.4, 0.5) is 0 Å². The van der Waals surface area contributed by atoms with Crippen molar-refractivity contribution in [3.05, 3.63) is 59.7 Å². The third kappa shape index (κ3) is 13.1. The van der Waals surface area contributed by atoms with E-state index in [2.05, 4.69) is 26.6 Å². The van der Waals surface area contributed by atoms with Crippen molar-refractivity contribution in [1.82, 2.24) is 26.6 Å². The minimum atomic E-state index is -1.67. The molecule has 262 valence electrons. The molecule has 0 saturated heterocycles. The van der Waals surface area contributed by atoms with Crippen LogP contribution in [0.5, 0.6) is 11.5 Å². The van der Waals surface area contributed by atoms with Gasteiger partial charge in [0.1, 0.15) is 35.7 Å². The van der Waals surface area contributed by atoms with E-state index in [1.807, 2.05) is 0 Å². The maximum Gasteiger partial charge on any atom is 0.326 e. The first kappa shape index (κ1) is 38.7. The smallest absolute Gasteiger partial charge is 0.326 e. The molecule has 0 aliphatic rings. The second-order valence-corrected chi connectivity index (χ2v) is 10.8. The molecule has 0 saturated carbocycles. The number of nitrogens with two attached hydrogens (primary N) is 2. The molecule has 0 bridgehead atoms. The Kier molecular flexibility index (Phi) is 15.5. The number of amides is 4.